The third-order valence-electron chi connectivity index (χ3n) is 6.82. The van der Waals surface area contributed by atoms with Gasteiger partial charge in [0.1, 0.15) is 8.07 Å². The second-order valence-electron chi connectivity index (χ2n) is 12.7. The predicted octanol–water partition coefficient (Wildman–Crippen LogP) is 8.74. The fourth-order valence-electron chi connectivity index (χ4n) is 4.94. The maximum Gasteiger partial charge on any atom is 0.236 e. The molecule has 6 heteroatoms. The molecular formula is C38H40Cl2O2Si2. The van der Waals surface area contributed by atoms with E-state index in [-0.39, 0.29) is 11.6 Å². The van der Waals surface area contributed by atoms with Gasteiger partial charge in [-0.3, -0.25) is 9.59 Å². The molecule has 44 heavy (non-hydrogen) atoms. The Balaban J connectivity index is 0.000000240. The smallest absolute Gasteiger partial charge is 0.236 e. The van der Waals surface area contributed by atoms with Gasteiger partial charge in [0.05, 0.1) is 8.07 Å². The van der Waals surface area contributed by atoms with Crippen LogP contribution in [0, 0.1) is 35.1 Å². The van der Waals surface area contributed by atoms with Gasteiger partial charge < -0.3 is 0 Å². The minimum atomic E-state index is -1.63. The summed E-state index contributed by atoms with van der Waals surface area (Å²) in [7, 11) is -3.20. The Kier molecular flexibility index (Phi) is 12.9. The first-order chi connectivity index (χ1) is 20.9. The predicted molar refractivity (Wildman–Crippen MR) is 194 cm³/mol. The highest BCUT2D eigenvalue weighted by Gasteiger charge is 2.34. The third-order valence-corrected chi connectivity index (χ3v) is 10.3. The number of hydrogen-bond acceptors (Lipinski definition) is 2. The fourth-order valence-corrected chi connectivity index (χ4v) is 7.87. The molecule has 4 rings (SSSR count). The second kappa shape index (κ2) is 16.1. The van der Waals surface area contributed by atoms with Gasteiger partial charge in [-0.2, -0.15) is 0 Å². The van der Waals surface area contributed by atoms with E-state index in [1.165, 1.54) is 10.8 Å². The van der Waals surface area contributed by atoms with E-state index in [2.05, 4.69) is 92.6 Å². The topological polar surface area (TPSA) is 34.1 Å². The lowest BCUT2D eigenvalue weighted by Gasteiger charge is -2.24. The van der Waals surface area contributed by atoms with E-state index >= 15 is 0 Å². The Bertz CT molecular complexity index is 1710. The van der Waals surface area contributed by atoms with Crippen LogP contribution in [-0.2, 0) is 6.42 Å². The summed E-state index contributed by atoms with van der Waals surface area (Å²) in [6.07, 6.45) is 3.51. The molecule has 0 aliphatic heterocycles. The number of ketones is 2. The summed E-state index contributed by atoms with van der Waals surface area (Å²) < 4.78 is 0. The summed E-state index contributed by atoms with van der Waals surface area (Å²) in [5.74, 6) is 15.5. The zero-order valence-electron chi connectivity index (χ0n) is 26.6. The molecule has 1 aliphatic carbocycles. The molecular weight excluding hydrogens is 615 g/mol. The summed E-state index contributed by atoms with van der Waals surface area (Å²) in [6.45, 7) is 13.3. The summed E-state index contributed by atoms with van der Waals surface area (Å²) in [5.41, 5.74) is 9.65. The molecule has 3 aromatic rings. The number of fused-ring (bicyclic) bond motifs is 3. The minimum absolute atomic E-state index is 0.178. The van der Waals surface area contributed by atoms with Crippen molar-refractivity contribution in [2.24, 2.45) is 0 Å². The van der Waals surface area contributed by atoms with Crippen LogP contribution in [0.25, 0.3) is 11.1 Å². The largest absolute Gasteiger partial charge is 0.289 e. The number of halogens is 2. The molecule has 0 fully saturated rings. The van der Waals surface area contributed by atoms with Crippen molar-refractivity contribution in [1.29, 1.82) is 0 Å². The molecule has 0 amide bonds. The van der Waals surface area contributed by atoms with E-state index in [9.17, 15) is 9.59 Å². The van der Waals surface area contributed by atoms with E-state index in [0.29, 0.717) is 22.9 Å². The van der Waals surface area contributed by atoms with Crippen molar-refractivity contribution in [2.75, 3.05) is 11.8 Å². The average Bonchev–Trinajstić information content (AvgIpc) is 3.27. The van der Waals surface area contributed by atoms with Crippen molar-refractivity contribution in [3.63, 3.8) is 0 Å². The fraction of sp³-hybridized carbons (Fsp3) is 0.316. The molecule has 0 aromatic heterocycles. The number of hydrogen-bond donors (Lipinski definition) is 0. The van der Waals surface area contributed by atoms with E-state index in [4.69, 9.17) is 23.2 Å². The number of carbonyl (C=O) groups excluding carboxylic acids is 2. The Labute approximate surface area is 276 Å². The standard InChI is InChI=1S/C19H21ClOSi.C19H19ClOSi/c1-22(2,3)19-13(7-6-12-20)10-11-15-14-8-4-5-9-16(14)18(21)17(15)19;1-22(2,3)16-14-19(21)18-13-9-8-12-17(18)11-7-5-4-6-10-15-20/h4-5,8-11H,6-7,12H2,1-3H3;8-9,12-13H,6,10,15H2,1-3H3. The lowest BCUT2D eigenvalue weighted by Crippen LogP contribution is -2.43. The first-order valence-electron chi connectivity index (χ1n) is 15.0. The summed E-state index contributed by atoms with van der Waals surface area (Å²) in [5, 5.41) is 1.33. The van der Waals surface area contributed by atoms with Crippen LogP contribution in [0.15, 0.2) is 60.7 Å². The molecule has 0 radical (unpaired) electrons. The molecule has 226 valence electrons. The first kappa shape index (κ1) is 35.2. The highest BCUT2D eigenvalue weighted by molar-refractivity contribution is 6.90. The van der Waals surface area contributed by atoms with Gasteiger partial charge in [0.2, 0.25) is 5.78 Å². The molecule has 0 heterocycles. The van der Waals surface area contributed by atoms with Crippen LogP contribution in [0.1, 0.15) is 56.7 Å². The Morgan fingerprint density at radius 3 is 2.09 bits per heavy atom. The van der Waals surface area contributed by atoms with E-state index in [1.807, 2.05) is 36.4 Å². The second-order valence-corrected chi connectivity index (χ2v) is 23.2. The molecule has 0 bridgehead atoms. The van der Waals surface area contributed by atoms with Crippen molar-refractivity contribution in [1.82, 2.24) is 0 Å². The Morgan fingerprint density at radius 2 is 1.43 bits per heavy atom. The highest BCUT2D eigenvalue weighted by Crippen LogP contribution is 2.37. The van der Waals surface area contributed by atoms with Gasteiger partial charge in [0, 0.05) is 40.4 Å². The van der Waals surface area contributed by atoms with Crippen LogP contribution in [0.4, 0.5) is 0 Å². The van der Waals surface area contributed by atoms with Crippen LogP contribution in [-0.4, -0.2) is 39.5 Å². The number of aryl methyl sites for hydroxylation is 1. The van der Waals surface area contributed by atoms with Crippen molar-refractivity contribution in [3.05, 3.63) is 88.5 Å². The van der Waals surface area contributed by atoms with E-state index < -0.39 is 16.1 Å². The van der Waals surface area contributed by atoms with Crippen molar-refractivity contribution in [3.8, 4) is 46.3 Å². The van der Waals surface area contributed by atoms with Crippen LogP contribution in [0.2, 0.25) is 39.3 Å². The maximum absolute atomic E-state index is 13.0. The van der Waals surface area contributed by atoms with Crippen molar-refractivity contribution in [2.45, 2.75) is 65.0 Å². The first-order valence-corrected chi connectivity index (χ1v) is 23.0. The molecule has 2 nitrogen and oxygen atoms in total. The van der Waals surface area contributed by atoms with Crippen molar-refractivity contribution < 1.29 is 9.59 Å². The lowest BCUT2D eigenvalue weighted by molar-refractivity contribution is 0.104. The number of rotatable bonds is 7. The minimum Gasteiger partial charge on any atom is -0.289 e. The Hall–Kier alpha value is -3.31. The molecule has 0 saturated heterocycles. The molecule has 0 spiro atoms. The average molecular weight is 656 g/mol. The zero-order chi connectivity index (χ0) is 32.3. The third kappa shape index (κ3) is 9.60. The molecule has 0 saturated carbocycles. The van der Waals surface area contributed by atoms with Gasteiger partial charge in [-0.1, -0.05) is 99.7 Å². The van der Waals surface area contributed by atoms with Gasteiger partial charge in [0.25, 0.3) is 0 Å². The van der Waals surface area contributed by atoms with Crippen LogP contribution in [0.3, 0.4) is 0 Å². The lowest BCUT2D eigenvalue weighted by atomic mass is 10.0. The SMILES string of the molecule is C[Si](C)(C)C#CC(=O)c1ccccc1C#CC#CCCCCl.C[Si](C)(C)c1c(CCCCl)ccc2c1C(=O)c1ccccc1-2. The number of unbranched alkanes of at least 4 members (excludes halogenated alkanes) is 1. The number of carbonyl (C=O) groups is 2. The molecule has 0 unspecified atom stereocenters. The quantitative estimate of drug-likeness (QED) is 0.0656. The summed E-state index contributed by atoms with van der Waals surface area (Å²) in [6, 6.07) is 19.6. The number of alkyl halides is 2. The number of Topliss-reactive ketones (excluding diaryl/α,β-unsaturated/α-hetero) is 1. The summed E-state index contributed by atoms with van der Waals surface area (Å²) >= 11 is 11.5. The van der Waals surface area contributed by atoms with Crippen molar-refractivity contribution >= 4 is 56.1 Å². The molecule has 3 aromatic carbocycles. The monoisotopic (exact) mass is 654 g/mol. The van der Waals surface area contributed by atoms with Gasteiger partial charge in [-0.15, -0.1) is 28.7 Å². The van der Waals surface area contributed by atoms with Crippen LogP contribution < -0.4 is 5.19 Å². The van der Waals surface area contributed by atoms with E-state index in [1.54, 1.807) is 6.07 Å². The molecule has 0 N–H and O–H groups in total. The molecule has 1 aliphatic rings. The van der Waals surface area contributed by atoms with Crippen LogP contribution >= 0.6 is 23.2 Å². The number of benzene rings is 3. The van der Waals surface area contributed by atoms with E-state index in [0.717, 1.165) is 47.9 Å². The Morgan fingerprint density at radius 1 is 0.773 bits per heavy atom. The normalized spacial score (nSPS) is 11.3. The zero-order valence-corrected chi connectivity index (χ0v) is 30.1. The summed E-state index contributed by atoms with van der Waals surface area (Å²) in [4.78, 5) is 25.2. The highest BCUT2D eigenvalue weighted by atomic mass is 35.5. The van der Waals surface area contributed by atoms with Gasteiger partial charge in [-0.25, -0.2) is 0 Å². The van der Waals surface area contributed by atoms with Gasteiger partial charge in [0.15, 0.2) is 5.78 Å². The van der Waals surface area contributed by atoms with Gasteiger partial charge in [-0.05, 0) is 71.0 Å². The van der Waals surface area contributed by atoms with Gasteiger partial charge >= 0.3 is 0 Å². The molecule has 0 atom stereocenters. The maximum atomic E-state index is 13.0. The van der Waals surface area contributed by atoms with Crippen LogP contribution in [0.5, 0.6) is 0 Å².